The number of urea groups is 1. The maximum absolute atomic E-state index is 13.1. The Bertz CT molecular complexity index is 1110. The minimum atomic E-state index is -0.574. The fourth-order valence-electron chi connectivity index (χ4n) is 3.14. The standard InChI is InChI=1S/C21H19FN4O3S2/c1-2-29-19(27)17-15(24-20(28)26-18(17)16-4-3-9-30-16)11-31-21-23-10-14(25-21)12-5-7-13(22)8-6-12/h3-10,18H,2,11H2,1H3,(H,23,25)(H2,24,26,28). The van der Waals surface area contributed by atoms with Gasteiger partial charge in [-0.15, -0.1) is 11.3 Å². The monoisotopic (exact) mass is 458 g/mol. The van der Waals surface area contributed by atoms with Crippen LogP contribution in [0.2, 0.25) is 0 Å². The molecule has 0 bridgehead atoms. The molecule has 2 amide bonds. The van der Waals surface area contributed by atoms with Gasteiger partial charge >= 0.3 is 12.0 Å². The number of hydrogen-bond donors (Lipinski definition) is 3. The molecule has 0 saturated heterocycles. The van der Waals surface area contributed by atoms with Gasteiger partial charge in [0, 0.05) is 16.3 Å². The first-order chi connectivity index (χ1) is 15.0. The van der Waals surface area contributed by atoms with E-state index in [1.54, 1.807) is 25.3 Å². The summed E-state index contributed by atoms with van der Waals surface area (Å²) in [5.74, 6) is -0.478. The first-order valence-electron chi connectivity index (χ1n) is 9.50. The lowest BCUT2D eigenvalue weighted by Crippen LogP contribution is -2.46. The molecule has 3 aromatic rings. The highest BCUT2D eigenvalue weighted by molar-refractivity contribution is 7.99. The van der Waals surface area contributed by atoms with Crippen LogP contribution in [0.1, 0.15) is 17.8 Å². The Morgan fingerprint density at radius 1 is 1.29 bits per heavy atom. The van der Waals surface area contributed by atoms with Crippen LogP contribution >= 0.6 is 23.1 Å². The van der Waals surface area contributed by atoms with Crippen molar-refractivity contribution in [2.24, 2.45) is 0 Å². The van der Waals surface area contributed by atoms with Gasteiger partial charge in [0.25, 0.3) is 0 Å². The average molecular weight is 459 g/mol. The van der Waals surface area contributed by atoms with Crippen molar-refractivity contribution in [3.05, 3.63) is 69.9 Å². The fraction of sp³-hybridized carbons (Fsp3) is 0.190. The van der Waals surface area contributed by atoms with Gasteiger partial charge in [0.15, 0.2) is 5.16 Å². The number of benzene rings is 1. The summed E-state index contributed by atoms with van der Waals surface area (Å²) in [6, 6.07) is 8.87. The van der Waals surface area contributed by atoms with Gasteiger partial charge in [-0.2, -0.15) is 0 Å². The lowest BCUT2D eigenvalue weighted by molar-refractivity contribution is -0.139. The van der Waals surface area contributed by atoms with E-state index in [-0.39, 0.29) is 18.5 Å². The second-order valence-corrected chi connectivity index (χ2v) is 8.50. The maximum atomic E-state index is 13.1. The number of thioether (sulfide) groups is 1. The third kappa shape index (κ3) is 4.80. The van der Waals surface area contributed by atoms with Crippen molar-refractivity contribution in [1.29, 1.82) is 0 Å². The fourth-order valence-corrected chi connectivity index (χ4v) is 4.75. The zero-order chi connectivity index (χ0) is 21.8. The zero-order valence-electron chi connectivity index (χ0n) is 16.5. The SMILES string of the molecule is CCOC(=O)C1=C(CSc2ncc(-c3ccc(F)cc3)[nH]2)NC(=O)NC1c1cccs1. The van der Waals surface area contributed by atoms with Crippen molar-refractivity contribution >= 4 is 35.1 Å². The van der Waals surface area contributed by atoms with Crippen LogP contribution in [0.25, 0.3) is 11.3 Å². The lowest BCUT2D eigenvalue weighted by Gasteiger charge is -2.28. The number of esters is 1. The van der Waals surface area contributed by atoms with Crippen LogP contribution < -0.4 is 10.6 Å². The zero-order valence-corrected chi connectivity index (χ0v) is 18.1. The van der Waals surface area contributed by atoms with Crippen LogP contribution in [0.3, 0.4) is 0 Å². The number of nitrogens with one attached hydrogen (secondary N) is 3. The predicted molar refractivity (Wildman–Crippen MR) is 117 cm³/mol. The molecule has 1 aliphatic heterocycles. The van der Waals surface area contributed by atoms with Gasteiger partial charge < -0.3 is 20.4 Å². The van der Waals surface area contributed by atoms with E-state index < -0.39 is 12.0 Å². The van der Waals surface area contributed by atoms with Crippen molar-refractivity contribution in [2.75, 3.05) is 12.4 Å². The van der Waals surface area contributed by atoms with Crippen molar-refractivity contribution in [2.45, 2.75) is 18.1 Å². The number of carbonyl (C=O) groups excluding carboxylic acids is 2. The number of aromatic amines is 1. The number of rotatable bonds is 7. The molecule has 1 atom stereocenters. The molecule has 0 radical (unpaired) electrons. The Balaban J connectivity index is 1.58. The van der Waals surface area contributed by atoms with E-state index >= 15 is 0 Å². The average Bonchev–Trinajstić information content (AvgIpc) is 3.45. The summed E-state index contributed by atoms with van der Waals surface area (Å²) >= 11 is 2.79. The number of hydrogen-bond acceptors (Lipinski definition) is 6. The molecule has 0 aliphatic carbocycles. The minimum absolute atomic E-state index is 0.229. The molecule has 160 valence electrons. The van der Waals surface area contributed by atoms with Crippen molar-refractivity contribution in [1.82, 2.24) is 20.6 Å². The van der Waals surface area contributed by atoms with Gasteiger partial charge in [0.1, 0.15) is 5.82 Å². The molecular weight excluding hydrogens is 439 g/mol. The molecule has 0 spiro atoms. The summed E-state index contributed by atoms with van der Waals surface area (Å²) in [5, 5.41) is 8.04. The normalized spacial score (nSPS) is 16.1. The summed E-state index contributed by atoms with van der Waals surface area (Å²) in [6.07, 6.45) is 1.66. The summed E-state index contributed by atoms with van der Waals surface area (Å²) in [6.45, 7) is 1.97. The van der Waals surface area contributed by atoms with Crippen LogP contribution in [0.5, 0.6) is 0 Å². The molecule has 10 heteroatoms. The van der Waals surface area contributed by atoms with Gasteiger partial charge in [0.05, 0.1) is 30.1 Å². The van der Waals surface area contributed by atoms with E-state index in [0.717, 1.165) is 16.1 Å². The van der Waals surface area contributed by atoms with Gasteiger partial charge in [-0.1, -0.05) is 17.8 Å². The number of imidazole rings is 1. The number of halogens is 1. The second kappa shape index (κ2) is 9.36. The molecule has 7 nitrogen and oxygen atoms in total. The largest absolute Gasteiger partial charge is 0.463 e. The molecule has 0 saturated carbocycles. The van der Waals surface area contributed by atoms with Crippen LogP contribution in [-0.2, 0) is 9.53 Å². The van der Waals surface area contributed by atoms with Gasteiger partial charge in [0.2, 0.25) is 0 Å². The predicted octanol–water partition coefficient (Wildman–Crippen LogP) is 4.24. The van der Waals surface area contributed by atoms with Crippen molar-refractivity contribution in [3.63, 3.8) is 0 Å². The quantitative estimate of drug-likeness (QED) is 0.364. The van der Waals surface area contributed by atoms with E-state index in [0.29, 0.717) is 22.2 Å². The number of nitrogens with zero attached hydrogens (tertiary/aromatic N) is 1. The minimum Gasteiger partial charge on any atom is -0.463 e. The topological polar surface area (TPSA) is 96.1 Å². The highest BCUT2D eigenvalue weighted by Gasteiger charge is 2.34. The molecule has 2 aromatic heterocycles. The smallest absolute Gasteiger partial charge is 0.338 e. The summed E-state index contributed by atoms with van der Waals surface area (Å²) in [5.41, 5.74) is 2.40. The van der Waals surface area contributed by atoms with E-state index in [2.05, 4.69) is 20.6 Å². The maximum Gasteiger partial charge on any atom is 0.338 e. The molecule has 3 N–H and O–H groups in total. The first kappa shape index (κ1) is 21.1. The number of ether oxygens (including phenoxy) is 1. The highest BCUT2D eigenvalue weighted by atomic mass is 32.2. The van der Waals surface area contributed by atoms with E-state index in [9.17, 15) is 14.0 Å². The first-order valence-corrected chi connectivity index (χ1v) is 11.4. The van der Waals surface area contributed by atoms with Crippen LogP contribution in [0, 0.1) is 5.82 Å². The Labute approximate surface area is 186 Å². The molecular formula is C21H19FN4O3S2. The highest BCUT2D eigenvalue weighted by Crippen LogP contribution is 2.32. The third-order valence-corrected chi connectivity index (χ3v) is 6.39. The summed E-state index contributed by atoms with van der Waals surface area (Å²) in [7, 11) is 0. The number of aromatic nitrogens is 2. The van der Waals surface area contributed by atoms with Gasteiger partial charge in [-0.05, 0) is 48.2 Å². The Morgan fingerprint density at radius 2 is 2.10 bits per heavy atom. The van der Waals surface area contributed by atoms with Crippen LogP contribution in [0.15, 0.2) is 64.4 Å². The molecule has 1 aromatic carbocycles. The van der Waals surface area contributed by atoms with Crippen molar-refractivity contribution < 1.29 is 18.7 Å². The summed E-state index contributed by atoms with van der Waals surface area (Å²) in [4.78, 5) is 33.3. The Morgan fingerprint density at radius 3 is 2.81 bits per heavy atom. The van der Waals surface area contributed by atoms with E-state index in [1.165, 1.54) is 35.2 Å². The Hall–Kier alpha value is -3.11. The number of carbonyl (C=O) groups is 2. The van der Waals surface area contributed by atoms with Crippen LogP contribution in [-0.4, -0.2) is 34.3 Å². The molecule has 1 unspecified atom stereocenters. The number of thiophene rings is 1. The van der Waals surface area contributed by atoms with Crippen molar-refractivity contribution in [3.8, 4) is 11.3 Å². The summed E-state index contributed by atoms with van der Waals surface area (Å²) < 4.78 is 18.4. The third-order valence-electron chi connectivity index (χ3n) is 4.54. The lowest BCUT2D eigenvalue weighted by atomic mass is 10.0. The van der Waals surface area contributed by atoms with E-state index in [4.69, 9.17) is 4.74 Å². The molecule has 0 fully saturated rings. The van der Waals surface area contributed by atoms with Gasteiger partial charge in [-0.25, -0.2) is 19.0 Å². The number of H-pyrrole nitrogens is 1. The van der Waals surface area contributed by atoms with Crippen LogP contribution in [0.4, 0.5) is 9.18 Å². The molecule has 4 rings (SSSR count). The molecule has 3 heterocycles. The molecule has 31 heavy (non-hydrogen) atoms. The number of amides is 2. The van der Waals surface area contributed by atoms with Gasteiger partial charge in [-0.3, -0.25) is 0 Å². The molecule has 1 aliphatic rings. The van der Waals surface area contributed by atoms with E-state index in [1.807, 2.05) is 17.5 Å². The second-order valence-electron chi connectivity index (χ2n) is 6.56. The Kier molecular flexibility index (Phi) is 6.38.